The first-order valence-electron chi connectivity index (χ1n) is 6.89. The maximum Gasteiger partial charge on any atom is 0.252 e. The van der Waals surface area contributed by atoms with Crippen molar-refractivity contribution in [1.82, 2.24) is 5.32 Å². The third-order valence-corrected chi connectivity index (χ3v) is 4.28. The molecule has 0 saturated carbocycles. The highest BCUT2D eigenvalue weighted by molar-refractivity contribution is 7.10. The zero-order valence-electron chi connectivity index (χ0n) is 11.7. The lowest BCUT2D eigenvalue weighted by Gasteiger charge is -2.18. The van der Waals surface area contributed by atoms with Gasteiger partial charge in [-0.05, 0) is 41.3 Å². The molecule has 0 aliphatic carbocycles. The fourth-order valence-corrected chi connectivity index (χ4v) is 3.04. The van der Waals surface area contributed by atoms with Crippen molar-refractivity contribution in [2.24, 2.45) is 0 Å². The number of halogens is 1. The van der Waals surface area contributed by atoms with E-state index in [0.717, 1.165) is 10.4 Å². The van der Waals surface area contributed by atoms with Crippen molar-refractivity contribution in [1.29, 1.82) is 0 Å². The van der Waals surface area contributed by atoms with Crippen molar-refractivity contribution in [3.63, 3.8) is 0 Å². The fourth-order valence-electron chi connectivity index (χ4n) is 2.24. The van der Waals surface area contributed by atoms with Crippen LogP contribution in [0, 0.1) is 5.82 Å². The Morgan fingerprint density at radius 1 is 0.955 bits per heavy atom. The van der Waals surface area contributed by atoms with Gasteiger partial charge in [0.1, 0.15) is 5.82 Å². The summed E-state index contributed by atoms with van der Waals surface area (Å²) >= 11 is 1.59. The predicted octanol–water partition coefficient (Wildman–Crippen LogP) is 4.41. The molecule has 0 radical (unpaired) electrons. The summed E-state index contributed by atoms with van der Waals surface area (Å²) in [4.78, 5) is 13.5. The summed E-state index contributed by atoms with van der Waals surface area (Å²) in [6, 6.07) is 19.1. The summed E-state index contributed by atoms with van der Waals surface area (Å²) in [5.41, 5.74) is 1.46. The van der Waals surface area contributed by atoms with E-state index in [9.17, 15) is 9.18 Å². The maximum absolute atomic E-state index is 13.0. The standard InChI is InChI=1S/C18H14FNOS/c19-15-10-8-14(9-11-15)18(21)20-17(16-7-4-12-22-16)13-5-2-1-3-6-13/h1-12,17H,(H,20,21)/t17-/m1/s1. The zero-order valence-corrected chi connectivity index (χ0v) is 12.5. The monoisotopic (exact) mass is 311 g/mol. The van der Waals surface area contributed by atoms with Crippen LogP contribution in [0.3, 0.4) is 0 Å². The molecular weight excluding hydrogens is 297 g/mol. The van der Waals surface area contributed by atoms with Gasteiger partial charge in [0.15, 0.2) is 0 Å². The molecule has 22 heavy (non-hydrogen) atoms. The van der Waals surface area contributed by atoms with E-state index in [-0.39, 0.29) is 17.8 Å². The van der Waals surface area contributed by atoms with Gasteiger partial charge in [0.05, 0.1) is 6.04 Å². The smallest absolute Gasteiger partial charge is 0.252 e. The van der Waals surface area contributed by atoms with E-state index in [1.54, 1.807) is 11.3 Å². The summed E-state index contributed by atoms with van der Waals surface area (Å²) in [6.07, 6.45) is 0. The van der Waals surface area contributed by atoms with Crippen molar-refractivity contribution in [2.75, 3.05) is 0 Å². The molecule has 1 amide bonds. The molecule has 1 aromatic heterocycles. The van der Waals surface area contributed by atoms with E-state index in [0.29, 0.717) is 5.56 Å². The highest BCUT2D eigenvalue weighted by Gasteiger charge is 2.18. The van der Waals surface area contributed by atoms with Crippen molar-refractivity contribution in [3.8, 4) is 0 Å². The molecule has 0 saturated heterocycles. The summed E-state index contributed by atoms with van der Waals surface area (Å²) in [5.74, 6) is -0.573. The molecule has 3 rings (SSSR count). The van der Waals surface area contributed by atoms with Crippen molar-refractivity contribution >= 4 is 17.2 Å². The quantitative estimate of drug-likeness (QED) is 0.760. The number of amides is 1. The molecule has 2 aromatic carbocycles. The van der Waals surface area contributed by atoms with Crippen molar-refractivity contribution in [3.05, 3.63) is 93.9 Å². The van der Waals surface area contributed by atoms with Gasteiger partial charge in [-0.1, -0.05) is 36.4 Å². The minimum atomic E-state index is -0.352. The first-order chi connectivity index (χ1) is 10.7. The largest absolute Gasteiger partial charge is 0.340 e. The zero-order chi connectivity index (χ0) is 15.4. The first-order valence-corrected chi connectivity index (χ1v) is 7.77. The average Bonchev–Trinajstić information content (AvgIpc) is 3.08. The third-order valence-electron chi connectivity index (χ3n) is 3.34. The van der Waals surface area contributed by atoms with Gasteiger partial charge in [0.25, 0.3) is 5.91 Å². The summed E-state index contributed by atoms with van der Waals surface area (Å²) in [6.45, 7) is 0. The Morgan fingerprint density at radius 3 is 2.32 bits per heavy atom. The highest BCUT2D eigenvalue weighted by Crippen LogP contribution is 2.26. The van der Waals surface area contributed by atoms with Crippen LogP contribution >= 0.6 is 11.3 Å². The number of hydrogen-bond donors (Lipinski definition) is 1. The van der Waals surface area contributed by atoms with Gasteiger partial charge in [-0.15, -0.1) is 11.3 Å². The summed E-state index contributed by atoms with van der Waals surface area (Å²) < 4.78 is 13.0. The van der Waals surface area contributed by atoms with Crippen LogP contribution in [0.4, 0.5) is 4.39 Å². The molecule has 2 nitrogen and oxygen atoms in total. The minimum Gasteiger partial charge on any atom is -0.340 e. The van der Waals surface area contributed by atoms with Gasteiger partial charge in [0, 0.05) is 10.4 Å². The van der Waals surface area contributed by atoms with Crippen LogP contribution in [-0.2, 0) is 0 Å². The molecule has 1 N–H and O–H groups in total. The SMILES string of the molecule is O=C(N[C@H](c1ccccc1)c1cccs1)c1ccc(F)cc1. The molecule has 0 bridgehead atoms. The molecule has 1 atom stereocenters. The number of carbonyl (C=O) groups excluding carboxylic acids is 1. The van der Waals surface area contributed by atoms with Gasteiger partial charge in [0.2, 0.25) is 0 Å². The molecule has 0 fully saturated rings. The van der Waals surface area contributed by atoms with Gasteiger partial charge in [-0.25, -0.2) is 4.39 Å². The van der Waals surface area contributed by atoms with Crippen LogP contribution in [0.2, 0.25) is 0 Å². The number of carbonyl (C=O) groups is 1. The number of thiophene rings is 1. The molecule has 0 aliphatic rings. The number of rotatable bonds is 4. The van der Waals surface area contributed by atoms with Crippen LogP contribution in [-0.4, -0.2) is 5.91 Å². The predicted molar refractivity (Wildman–Crippen MR) is 86.5 cm³/mol. The van der Waals surface area contributed by atoms with E-state index >= 15 is 0 Å². The average molecular weight is 311 g/mol. The van der Waals surface area contributed by atoms with E-state index in [1.807, 2.05) is 47.8 Å². The van der Waals surface area contributed by atoms with Crippen molar-refractivity contribution in [2.45, 2.75) is 6.04 Å². The molecule has 1 heterocycles. The number of nitrogens with one attached hydrogen (secondary N) is 1. The lowest BCUT2D eigenvalue weighted by atomic mass is 10.0. The van der Waals surface area contributed by atoms with Crippen LogP contribution in [0.15, 0.2) is 72.1 Å². The lowest BCUT2D eigenvalue weighted by Crippen LogP contribution is -2.28. The molecule has 110 valence electrons. The Kier molecular flexibility index (Phi) is 4.30. The Morgan fingerprint density at radius 2 is 1.68 bits per heavy atom. The Bertz CT molecular complexity index is 739. The van der Waals surface area contributed by atoms with Crippen LogP contribution in [0.1, 0.15) is 26.8 Å². The van der Waals surface area contributed by atoms with Gasteiger partial charge < -0.3 is 5.32 Å². The van der Waals surface area contributed by atoms with Gasteiger partial charge >= 0.3 is 0 Å². The van der Waals surface area contributed by atoms with Crippen LogP contribution < -0.4 is 5.32 Å². The molecular formula is C18H14FNOS. The number of hydrogen-bond acceptors (Lipinski definition) is 2. The fraction of sp³-hybridized carbons (Fsp3) is 0.0556. The molecule has 0 unspecified atom stereocenters. The van der Waals surface area contributed by atoms with Gasteiger partial charge in [-0.2, -0.15) is 0 Å². The Hall–Kier alpha value is -2.46. The number of benzene rings is 2. The Labute approximate surface area is 132 Å². The van der Waals surface area contributed by atoms with Crippen LogP contribution in [0.25, 0.3) is 0 Å². The van der Waals surface area contributed by atoms with Crippen molar-refractivity contribution < 1.29 is 9.18 Å². The minimum absolute atomic E-state index is 0.209. The van der Waals surface area contributed by atoms with Gasteiger partial charge in [-0.3, -0.25) is 4.79 Å². The topological polar surface area (TPSA) is 29.1 Å². The van der Waals surface area contributed by atoms with E-state index in [2.05, 4.69) is 5.32 Å². The molecule has 0 aliphatic heterocycles. The molecule has 0 spiro atoms. The second kappa shape index (κ2) is 6.54. The second-order valence-corrected chi connectivity index (χ2v) is 5.82. The van der Waals surface area contributed by atoms with E-state index in [4.69, 9.17) is 0 Å². The Balaban J connectivity index is 1.87. The second-order valence-electron chi connectivity index (χ2n) is 4.84. The maximum atomic E-state index is 13.0. The normalized spacial score (nSPS) is 11.9. The van der Waals surface area contributed by atoms with E-state index < -0.39 is 0 Å². The summed E-state index contributed by atoms with van der Waals surface area (Å²) in [5, 5.41) is 5.00. The summed E-state index contributed by atoms with van der Waals surface area (Å²) in [7, 11) is 0. The molecule has 4 heteroatoms. The third kappa shape index (κ3) is 3.23. The molecule has 3 aromatic rings. The highest BCUT2D eigenvalue weighted by atomic mass is 32.1. The lowest BCUT2D eigenvalue weighted by molar-refractivity contribution is 0.0943. The van der Waals surface area contributed by atoms with E-state index in [1.165, 1.54) is 24.3 Å². The van der Waals surface area contributed by atoms with Crippen LogP contribution in [0.5, 0.6) is 0 Å². The first kappa shape index (κ1) is 14.5.